The number of carbonyl (C=O) groups excluding carboxylic acids is 1. The van der Waals surface area contributed by atoms with Crippen LogP contribution in [0.15, 0.2) is 84.2 Å². The number of carbonyl (C=O) groups is 2. The fraction of sp³-hybridized carbons (Fsp3) is 0.179. The largest absolute Gasteiger partial charge is 0.497 e. The monoisotopic (exact) mass is 486 g/mol. The van der Waals surface area contributed by atoms with E-state index < -0.39 is 11.9 Å². The lowest BCUT2D eigenvalue weighted by Crippen LogP contribution is -2.35. The molecule has 3 aromatic carbocycles. The van der Waals surface area contributed by atoms with Crippen LogP contribution in [-0.4, -0.2) is 36.1 Å². The lowest BCUT2D eigenvalue weighted by atomic mass is 9.95. The molecule has 0 fully saturated rings. The third kappa shape index (κ3) is 5.75. The van der Waals surface area contributed by atoms with Gasteiger partial charge in [-0.1, -0.05) is 66.7 Å². The van der Waals surface area contributed by atoms with Gasteiger partial charge in [0, 0.05) is 18.0 Å². The number of ether oxygens (including phenoxy) is 1. The van der Waals surface area contributed by atoms with E-state index in [1.165, 1.54) is 16.2 Å². The Morgan fingerprint density at radius 1 is 1.00 bits per heavy atom. The second-order valence-corrected chi connectivity index (χ2v) is 9.01. The highest BCUT2D eigenvalue weighted by molar-refractivity contribution is 7.14. The lowest BCUT2D eigenvalue weighted by molar-refractivity contribution is -0.140. The first-order valence-corrected chi connectivity index (χ1v) is 12.1. The summed E-state index contributed by atoms with van der Waals surface area (Å²) in [5.74, 6) is -1.18. The molecule has 1 aromatic heterocycles. The Kier molecular flexibility index (Phi) is 7.57. The third-order valence-corrected chi connectivity index (χ3v) is 6.71. The summed E-state index contributed by atoms with van der Waals surface area (Å²) in [6.45, 7) is 0. The number of carboxylic acids is 1. The van der Waals surface area contributed by atoms with Gasteiger partial charge < -0.3 is 9.84 Å². The minimum absolute atomic E-state index is 0.241. The van der Waals surface area contributed by atoms with E-state index in [9.17, 15) is 14.7 Å². The Morgan fingerprint density at radius 3 is 2.43 bits per heavy atom. The molecule has 6 nitrogen and oxygen atoms in total. The van der Waals surface area contributed by atoms with Gasteiger partial charge in [0.05, 0.1) is 25.1 Å². The van der Waals surface area contributed by atoms with Crippen LogP contribution < -0.4 is 9.64 Å². The molecular weight excluding hydrogens is 460 g/mol. The number of thiazole rings is 1. The van der Waals surface area contributed by atoms with Gasteiger partial charge >= 0.3 is 5.97 Å². The molecule has 4 aromatic rings. The van der Waals surface area contributed by atoms with Gasteiger partial charge in [-0.05, 0) is 35.2 Å². The normalized spacial score (nSPS) is 11.6. The molecule has 0 spiro atoms. The summed E-state index contributed by atoms with van der Waals surface area (Å²) in [4.78, 5) is 31.0. The maximum atomic E-state index is 13.3. The van der Waals surface area contributed by atoms with Crippen molar-refractivity contribution in [2.24, 2.45) is 5.92 Å². The minimum atomic E-state index is -1.00. The summed E-state index contributed by atoms with van der Waals surface area (Å²) in [5.41, 5.74) is 4.62. The zero-order valence-corrected chi connectivity index (χ0v) is 20.4. The molecular formula is C28H26N2O4S. The van der Waals surface area contributed by atoms with E-state index in [0.717, 1.165) is 33.7 Å². The highest BCUT2D eigenvalue weighted by Crippen LogP contribution is 2.36. The summed E-state index contributed by atoms with van der Waals surface area (Å²) in [6, 6.07) is 25.3. The van der Waals surface area contributed by atoms with Crippen molar-refractivity contribution in [3.63, 3.8) is 0 Å². The summed E-state index contributed by atoms with van der Waals surface area (Å²) < 4.78 is 5.38. The van der Waals surface area contributed by atoms with E-state index in [2.05, 4.69) is 0 Å². The van der Waals surface area contributed by atoms with Gasteiger partial charge in [0.1, 0.15) is 5.75 Å². The van der Waals surface area contributed by atoms with Crippen LogP contribution in [0.25, 0.3) is 22.4 Å². The highest BCUT2D eigenvalue weighted by Gasteiger charge is 2.27. The van der Waals surface area contributed by atoms with Crippen LogP contribution in [0.4, 0.5) is 5.13 Å². The van der Waals surface area contributed by atoms with E-state index in [0.29, 0.717) is 11.6 Å². The van der Waals surface area contributed by atoms with Crippen LogP contribution in [0.2, 0.25) is 0 Å². The van der Waals surface area contributed by atoms with Gasteiger partial charge in [-0.3, -0.25) is 14.5 Å². The standard InChI is InChI=1S/C28H26N2O4S/c1-30(27(33)21(17-26(31)32)15-19-9-4-3-5-10-19)28-29-25(18-35-28)24-14-7-6-13-23(24)20-11-8-12-22(16-20)34-2/h3-14,16,18,21H,15,17H2,1-2H3,(H,31,32)/t21-/m1/s1. The van der Waals surface area contributed by atoms with E-state index in [1.807, 2.05) is 84.2 Å². The van der Waals surface area contributed by atoms with E-state index in [-0.39, 0.29) is 12.3 Å². The predicted octanol–water partition coefficient (Wildman–Crippen LogP) is 5.78. The summed E-state index contributed by atoms with van der Waals surface area (Å²) in [7, 11) is 3.29. The van der Waals surface area contributed by atoms with E-state index >= 15 is 0 Å². The molecule has 1 atom stereocenters. The minimum Gasteiger partial charge on any atom is -0.497 e. The summed E-state index contributed by atoms with van der Waals surface area (Å²) >= 11 is 1.36. The van der Waals surface area contributed by atoms with Crippen LogP contribution in [0, 0.1) is 5.92 Å². The molecule has 7 heteroatoms. The average Bonchev–Trinajstić information content (AvgIpc) is 3.38. The second kappa shape index (κ2) is 11.0. The number of aromatic nitrogens is 1. The highest BCUT2D eigenvalue weighted by atomic mass is 32.1. The number of amides is 1. The molecule has 1 amide bonds. The molecule has 178 valence electrons. The van der Waals surface area contributed by atoms with Crippen molar-refractivity contribution in [3.8, 4) is 28.1 Å². The smallest absolute Gasteiger partial charge is 0.304 e. The van der Waals surface area contributed by atoms with Crippen molar-refractivity contribution >= 4 is 28.3 Å². The fourth-order valence-electron chi connectivity index (χ4n) is 4.02. The van der Waals surface area contributed by atoms with Gasteiger partial charge in [0.2, 0.25) is 5.91 Å². The van der Waals surface area contributed by atoms with Crippen molar-refractivity contribution in [3.05, 3.63) is 89.8 Å². The van der Waals surface area contributed by atoms with Crippen LogP contribution >= 0.6 is 11.3 Å². The number of aliphatic carboxylic acids is 1. The number of benzene rings is 3. The van der Waals surface area contributed by atoms with Crippen LogP contribution in [0.3, 0.4) is 0 Å². The molecule has 0 bridgehead atoms. The Labute approximate surface area is 208 Å². The molecule has 0 saturated carbocycles. The summed E-state index contributed by atoms with van der Waals surface area (Å²) in [6.07, 6.45) is 0.113. The van der Waals surface area contributed by atoms with Crippen LogP contribution in [-0.2, 0) is 16.0 Å². The SMILES string of the molecule is COc1cccc(-c2ccccc2-c2csc(N(C)C(=O)[C@@H](CC(=O)O)Cc3ccccc3)n2)c1. The first kappa shape index (κ1) is 24.2. The number of hydrogen-bond donors (Lipinski definition) is 1. The molecule has 0 aliphatic heterocycles. The zero-order valence-electron chi connectivity index (χ0n) is 19.5. The number of rotatable bonds is 9. The maximum Gasteiger partial charge on any atom is 0.304 e. The molecule has 0 saturated heterocycles. The van der Waals surface area contributed by atoms with Gasteiger partial charge in [-0.2, -0.15) is 0 Å². The Balaban J connectivity index is 1.60. The first-order valence-electron chi connectivity index (χ1n) is 11.2. The number of methoxy groups -OCH3 is 1. The third-order valence-electron chi connectivity index (χ3n) is 5.79. The topological polar surface area (TPSA) is 79.7 Å². The van der Waals surface area contributed by atoms with Crippen molar-refractivity contribution in [2.75, 3.05) is 19.1 Å². The van der Waals surface area contributed by atoms with Crippen molar-refractivity contribution in [1.82, 2.24) is 4.98 Å². The zero-order chi connectivity index (χ0) is 24.8. The lowest BCUT2D eigenvalue weighted by Gasteiger charge is -2.21. The maximum absolute atomic E-state index is 13.3. The quantitative estimate of drug-likeness (QED) is 0.324. The summed E-state index contributed by atoms with van der Waals surface area (Å²) in [5, 5.41) is 11.8. The molecule has 4 rings (SSSR count). The van der Waals surface area contributed by atoms with Crippen molar-refractivity contribution in [2.45, 2.75) is 12.8 Å². The van der Waals surface area contributed by atoms with Gasteiger partial charge in [-0.25, -0.2) is 4.98 Å². The molecule has 35 heavy (non-hydrogen) atoms. The van der Waals surface area contributed by atoms with Gasteiger partial charge in [0.15, 0.2) is 5.13 Å². The van der Waals surface area contributed by atoms with Gasteiger partial charge in [0.25, 0.3) is 0 Å². The molecule has 0 unspecified atom stereocenters. The molecule has 1 heterocycles. The number of hydrogen-bond acceptors (Lipinski definition) is 5. The predicted molar refractivity (Wildman–Crippen MR) is 139 cm³/mol. The van der Waals surface area contributed by atoms with Crippen molar-refractivity contribution < 1.29 is 19.4 Å². The van der Waals surface area contributed by atoms with E-state index in [1.54, 1.807) is 14.2 Å². The number of anilines is 1. The Morgan fingerprint density at radius 2 is 1.71 bits per heavy atom. The number of carboxylic acid groups (broad SMARTS) is 1. The molecule has 0 radical (unpaired) electrons. The average molecular weight is 487 g/mol. The van der Waals surface area contributed by atoms with Crippen molar-refractivity contribution in [1.29, 1.82) is 0 Å². The first-order chi connectivity index (χ1) is 17.0. The van der Waals surface area contributed by atoms with Crippen LogP contribution in [0.5, 0.6) is 5.75 Å². The van der Waals surface area contributed by atoms with Crippen LogP contribution in [0.1, 0.15) is 12.0 Å². The molecule has 0 aliphatic carbocycles. The van der Waals surface area contributed by atoms with Gasteiger partial charge in [-0.15, -0.1) is 11.3 Å². The Hall–Kier alpha value is -3.97. The Bertz CT molecular complexity index is 1320. The molecule has 1 N–H and O–H groups in total. The fourth-order valence-corrected chi connectivity index (χ4v) is 4.81. The second-order valence-electron chi connectivity index (χ2n) is 8.17. The van der Waals surface area contributed by atoms with E-state index in [4.69, 9.17) is 9.72 Å². The number of nitrogens with zero attached hydrogens (tertiary/aromatic N) is 2. The molecule has 0 aliphatic rings.